The molecule has 0 aromatic heterocycles. The van der Waals surface area contributed by atoms with Crippen LogP contribution in [-0.2, 0) is 9.53 Å². The Morgan fingerprint density at radius 3 is 2.69 bits per heavy atom. The fourth-order valence-corrected chi connectivity index (χ4v) is 1.69. The van der Waals surface area contributed by atoms with Gasteiger partial charge in [0, 0.05) is 6.54 Å². The summed E-state index contributed by atoms with van der Waals surface area (Å²) in [5, 5.41) is 11.6. The summed E-state index contributed by atoms with van der Waals surface area (Å²) in [7, 11) is 0. The maximum Gasteiger partial charge on any atom is 0.348 e. The Hall–Kier alpha value is -0.610. The van der Waals surface area contributed by atoms with Crippen molar-refractivity contribution in [3.05, 3.63) is 0 Å². The molecule has 1 heterocycles. The van der Waals surface area contributed by atoms with E-state index >= 15 is 0 Å². The first-order valence-electron chi connectivity index (χ1n) is 4.77. The van der Waals surface area contributed by atoms with E-state index in [1.807, 2.05) is 13.8 Å². The predicted molar refractivity (Wildman–Crippen MR) is 48.4 cm³/mol. The topological polar surface area (TPSA) is 58.6 Å². The molecule has 0 saturated carbocycles. The molecule has 1 fully saturated rings. The van der Waals surface area contributed by atoms with Crippen molar-refractivity contribution in [1.29, 1.82) is 0 Å². The average molecular weight is 187 g/mol. The van der Waals surface area contributed by atoms with Crippen LogP contribution in [0, 0.1) is 0 Å². The molecule has 0 amide bonds. The molecule has 0 radical (unpaired) electrons. The lowest BCUT2D eigenvalue weighted by Gasteiger charge is -2.39. The lowest BCUT2D eigenvalue weighted by atomic mass is 9.92. The number of hydrogen-bond acceptors (Lipinski definition) is 3. The van der Waals surface area contributed by atoms with Crippen molar-refractivity contribution < 1.29 is 14.6 Å². The number of carboxylic acid groups (broad SMARTS) is 1. The SMILES string of the molecule is CCC1(CC)CCNC(C(=O)O)O1. The van der Waals surface area contributed by atoms with Gasteiger partial charge in [0.15, 0.2) is 0 Å². The number of rotatable bonds is 3. The maximum atomic E-state index is 10.7. The quantitative estimate of drug-likeness (QED) is 0.691. The number of hydrogen-bond donors (Lipinski definition) is 2. The molecule has 1 saturated heterocycles. The van der Waals surface area contributed by atoms with Crippen molar-refractivity contribution in [3.8, 4) is 0 Å². The summed E-state index contributed by atoms with van der Waals surface area (Å²) >= 11 is 0. The van der Waals surface area contributed by atoms with Crippen LogP contribution in [0.25, 0.3) is 0 Å². The summed E-state index contributed by atoms with van der Waals surface area (Å²) in [4.78, 5) is 10.7. The highest BCUT2D eigenvalue weighted by Crippen LogP contribution is 2.28. The molecule has 13 heavy (non-hydrogen) atoms. The second-order valence-electron chi connectivity index (χ2n) is 3.43. The summed E-state index contributed by atoms with van der Waals surface area (Å²) in [5.74, 6) is -0.925. The first kappa shape index (κ1) is 10.5. The normalized spacial score (nSPS) is 27.1. The largest absolute Gasteiger partial charge is 0.478 e. The molecule has 4 heteroatoms. The first-order chi connectivity index (χ1) is 6.13. The third kappa shape index (κ3) is 2.19. The van der Waals surface area contributed by atoms with Crippen LogP contribution >= 0.6 is 0 Å². The van der Waals surface area contributed by atoms with Crippen LogP contribution in [0.2, 0.25) is 0 Å². The number of carboxylic acids is 1. The Labute approximate surface area is 78.3 Å². The highest BCUT2D eigenvalue weighted by atomic mass is 16.5. The van der Waals surface area contributed by atoms with E-state index < -0.39 is 12.2 Å². The second-order valence-corrected chi connectivity index (χ2v) is 3.43. The van der Waals surface area contributed by atoms with Gasteiger partial charge in [0.25, 0.3) is 0 Å². The van der Waals surface area contributed by atoms with Gasteiger partial charge in [0.05, 0.1) is 5.60 Å². The van der Waals surface area contributed by atoms with E-state index in [4.69, 9.17) is 9.84 Å². The molecule has 0 aromatic carbocycles. The van der Waals surface area contributed by atoms with Gasteiger partial charge in [-0.25, -0.2) is 4.79 Å². The van der Waals surface area contributed by atoms with Crippen molar-refractivity contribution in [1.82, 2.24) is 5.32 Å². The lowest BCUT2D eigenvalue weighted by Crippen LogP contribution is -2.53. The van der Waals surface area contributed by atoms with Crippen LogP contribution in [0.3, 0.4) is 0 Å². The van der Waals surface area contributed by atoms with Crippen LogP contribution in [0.1, 0.15) is 33.1 Å². The molecule has 2 N–H and O–H groups in total. The highest BCUT2D eigenvalue weighted by Gasteiger charge is 2.36. The van der Waals surface area contributed by atoms with Crippen molar-refractivity contribution in [2.45, 2.75) is 44.9 Å². The Kier molecular flexibility index (Phi) is 3.27. The van der Waals surface area contributed by atoms with Crippen LogP contribution in [0.5, 0.6) is 0 Å². The van der Waals surface area contributed by atoms with Gasteiger partial charge in [-0.2, -0.15) is 0 Å². The van der Waals surface area contributed by atoms with Crippen LogP contribution < -0.4 is 5.32 Å². The van der Waals surface area contributed by atoms with E-state index in [9.17, 15) is 4.79 Å². The molecule has 1 rings (SSSR count). The van der Waals surface area contributed by atoms with Gasteiger partial charge in [-0.3, -0.25) is 5.32 Å². The minimum absolute atomic E-state index is 0.228. The van der Waals surface area contributed by atoms with Crippen molar-refractivity contribution >= 4 is 5.97 Å². The summed E-state index contributed by atoms with van der Waals surface area (Å²) in [6, 6.07) is 0. The standard InChI is InChI=1S/C9H17NO3/c1-3-9(4-2)5-6-10-7(13-9)8(11)12/h7,10H,3-6H2,1-2H3,(H,11,12). The lowest BCUT2D eigenvalue weighted by molar-refractivity contribution is -0.180. The molecular formula is C9H17NO3. The fourth-order valence-electron chi connectivity index (χ4n) is 1.69. The summed E-state index contributed by atoms with van der Waals surface area (Å²) < 4.78 is 5.52. The van der Waals surface area contributed by atoms with Gasteiger partial charge in [-0.15, -0.1) is 0 Å². The molecule has 76 valence electrons. The summed E-state index contributed by atoms with van der Waals surface area (Å²) in [6.45, 7) is 4.79. The summed E-state index contributed by atoms with van der Waals surface area (Å²) in [6.07, 6.45) is 1.81. The molecule has 1 atom stereocenters. The van der Waals surface area contributed by atoms with Crippen molar-refractivity contribution in [2.24, 2.45) is 0 Å². The highest BCUT2D eigenvalue weighted by molar-refractivity contribution is 5.71. The number of nitrogens with one attached hydrogen (secondary N) is 1. The molecule has 0 spiro atoms. The smallest absolute Gasteiger partial charge is 0.348 e. The summed E-state index contributed by atoms with van der Waals surface area (Å²) in [5.41, 5.74) is -0.228. The van der Waals surface area contributed by atoms with E-state index in [1.54, 1.807) is 0 Å². The van der Waals surface area contributed by atoms with E-state index in [1.165, 1.54) is 0 Å². The van der Waals surface area contributed by atoms with Crippen LogP contribution in [0.15, 0.2) is 0 Å². The third-order valence-corrected chi connectivity index (χ3v) is 2.79. The van der Waals surface area contributed by atoms with Gasteiger partial charge in [-0.1, -0.05) is 13.8 Å². The van der Waals surface area contributed by atoms with Gasteiger partial charge >= 0.3 is 5.97 Å². The molecule has 1 aliphatic heterocycles. The number of aliphatic carboxylic acids is 1. The molecule has 0 aromatic rings. The maximum absolute atomic E-state index is 10.7. The minimum Gasteiger partial charge on any atom is -0.478 e. The zero-order valence-electron chi connectivity index (χ0n) is 8.17. The number of ether oxygens (including phenoxy) is 1. The minimum atomic E-state index is -0.925. The van der Waals surface area contributed by atoms with Gasteiger partial charge < -0.3 is 9.84 Å². The monoisotopic (exact) mass is 187 g/mol. The Bertz CT molecular complexity index is 189. The van der Waals surface area contributed by atoms with E-state index in [0.717, 1.165) is 25.8 Å². The Morgan fingerprint density at radius 1 is 1.62 bits per heavy atom. The van der Waals surface area contributed by atoms with Gasteiger partial charge in [-0.05, 0) is 19.3 Å². The van der Waals surface area contributed by atoms with Crippen molar-refractivity contribution in [3.63, 3.8) is 0 Å². The van der Waals surface area contributed by atoms with Gasteiger partial charge in [0.1, 0.15) is 0 Å². The average Bonchev–Trinajstić information content (AvgIpc) is 2.18. The van der Waals surface area contributed by atoms with E-state index in [2.05, 4.69) is 5.32 Å². The molecule has 0 aliphatic carbocycles. The van der Waals surface area contributed by atoms with E-state index in [-0.39, 0.29) is 5.60 Å². The van der Waals surface area contributed by atoms with Crippen LogP contribution in [0.4, 0.5) is 0 Å². The fraction of sp³-hybridized carbons (Fsp3) is 0.889. The Balaban J connectivity index is 2.63. The van der Waals surface area contributed by atoms with Crippen molar-refractivity contribution in [2.75, 3.05) is 6.54 Å². The predicted octanol–water partition coefficient (Wildman–Crippen LogP) is 0.966. The van der Waals surface area contributed by atoms with Gasteiger partial charge in [0.2, 0.25) is 6.23 Å². The third-order valence-electron chi connectivity index (χ3n) is 2.79. The van der Waals surface area contributed by atoms with Crippen LogP contribution in [-0.4, -0.2) is 29.4 Å². The molecule has 4 nitrogen and oxygen atoms in total. The first-order valence-corrected chi connectivity index (χ1v) is 4.77. The van der Waals surface area contributed by atoms with E-state index in [0.29, 0.717) is 0 Å². The Morgan fingerprint density at radius 2 is 2.23 bits per heavy atom. The molecule has 1 aliphatic rings. The zero-order chi connectivity index (χ0) is 9.90. The molecule has 0 bridgehead atoms. The molecular weight excluding hydrogens is 170 g/mol. The number of carbonyl (C=O) groups is 1. The molecule has 1 unspecified atom stereocenters. The second kappa shape index (κ2) is 4.07. The zero-order valence-corrected chi connectivity index (χ0v) is 8.17.